The maximum atomic E-state index is 12.9. The first-order chi connectivity index (χ1) is 15.6. The normalized spacial score (nSPS) is 13.1. The number of nitrogens with zero attached hydrogens (tertiary/aromatic N) is 3. The number of carbonyl (C=O) groups excluding carboxylic acids is 3. The molecule has 2 atom stereocenters. The minimum Gasteiger partial charge on any atom is -0.369 e. The molecule has 8 heteroatoms. The van der Waals surface area contributed by atoms with Gasteiger partial charge in [0.15, 0.2) is 0 Å². The van der Waals surface area contributed by atoms with Gasteiger partial charge in [0.1, 0.15) is 0 Å². The Kier molecular flexibility index (Phi) is 13.3. The minimum absolute atomic E-state index is 0.0498. The number of benzene rings is 1. The second-order valence-electron chi connectivity index (χ2n) is 9.10. The van der Waals surface area contributed by atoms with Crippen molar-refractivity contribution < 1.29 is 14.4 Å². The molecule has 3 amide bonds. The van der Waals surface area contributed by atoms with Crippen LogP contribution in [0.25, 0.3) is 0 Å². The second-order valence-corrected chi connectivity index (χ2v) is 9.10. The van der Waals surface area contributed by atoms with Crippen LogP contribution in [-0.2, 0) is 20.8 Å². The average molecular weight is 462 g/mol. The third-order valence-electron chi connectivity index (χ3n) is 6.01. The molecule has 0 heterocycles. The van der Waals surface area contributed by atoms with Crippen LogP contribution in [0.5, 0.6) is 0 Å². The molecule has 0 saturated carbocycles. The number of rotatable bonds is 16. The number of hydrogen-bond donors (Lipinski definition) is 2. The zero-order valence-electron chi connectivity index (χ0n) is 21.0. The van der Waals surface area contributed by atoms with Crippen LogP contribution in [0.4, 0.5) is 0 Å². The summed E-state index contributed by atoms with van der Waals surface area (Å²) in [7, 11) is 7.90. The van der Waals surface area contributed by atoms with E-state index in [4.69, 9.17) is 5.73 Å². The molecule has 1 aromatic rings. The van der Waals surface area contributed by atoms with Crippen molar-refractivity contribution in [1.82, 2.24) is 20.0 Å². The van der Waals surface area contributed by atoms with Gasteiger partial charge in [-0.1, -0.05) is 37.3 Å². The molecule has 0 unspecified atom stereocenters. The summed E-state index contributed by atoms with van der Waals surface area (Å²) in [6.45, 7) is 5.33. The second kappa shape index (κ2) is 15.4. The molecule has 0 bridgehead atoms. The number of nitrogens with one attached hydrogen (secondary N) is 1. The number of hydrogen-bond acceptors (Lipinski definition) is 5. The number of nitrogens with two attached hydrogens (primary N) is 1. The van der Waals surface area contributed by atoms with E-state index in [0.717, 1.165) is 25.2 Å². The summed E-state index contributed by atoms with van der Waals surface area (Å²) in [4.78, 5) is 43.4. The van der Waals surface area contributed by atoms with Gasteiger partial charge in [-0.3, -0.25) is 14.4 Å². The van der Waals surface area contributed by atoms with Crippen molar-refractivity contribution in [1.29, 1.82) is 0 Å². The van der Waals surface area contributed by atoms with Gasteiger partial charge in [0.05, 0.1) is 5.92 Å². The van der Waals surface area contributed by atoms with E-state index in [1.807, 2.05) is 58.4 Å². The van der Waals surface area contributed by atoms with Crippen molar-refractivity contribution in [3.63, 3.8) is 0 Å². The van der Waals surface area contributed by atoms with Crippen LogP contribution in [0.3, 0.4) is 0 Å². The molecule has 0 aliphatic carbocycles. The molecule has 0 aliphatic rings. The SMILES string of the molecule is CC[C@H](CNC(=O)[C@H](CCc1ccccc1)CC(=O)N(C)CCN(C)CCN(C)C)C(N)=O. The number of primary amides is 1. The Morgan fingerprint density at radius 2 is 1.58 bits per heavy atom. The number of amides is 3. The Bertz CT molecular complexity index is 726. The molecule has 8 nitrogen and oxygen atoms in total. The van der Waals surface area contributed by atoms with Gasteiger partial charge >= 0.3 is 0 Å². The largest absolute Gasteiger partial charge is 0.369 e. The average Bonchev–Trinajstić information content (AvgIpc) is 2.79. The lowest BCUT2D eigenvalue weighted by Gasteiger charge is -2.25. The van der Waals surface area contributed by atoms with Gasteiger partial charge in [-0.15, -0.1) is 0 Å². The lowest BCUT2D eigenvalue weighted by Crippen LogP contribution is -2.41. The molecular formula is C25H43N5O3. The van der Waals surface area contributed by atoms with Crippen molar-refractivity contribution >= 4 is 17.7 Å². The third kappa shape index (κ3) is 11.8. The highest BCUT2D eigenvalue weighted by molar-refractivity contribution is 5.86. The summed E-state index contributed by atoms with van der Waals surface area (Å²) < 4.78 is 0. The number of aryl methyl sites for hydroxylation is 1. The van der Waals surface area contributed by atoms with E-state index in [1.54, 1.807) is 11.9 Å². The smallest absolute Gasteiger partial charge is 0.223 e. The molecule has 1 rings (SSSR count). The zero-order valence-corrected chi connectivity index (χ0v) is 21.0. The third-order valence-corrected chi connectivity index (χ3v) is 6.01. The summed E-state index contributed by atoms with van der Waals surface area (Å²) in [5, 5.41) is 2.85. The van der Waals surface area contributed by atoms with Gasteiger partial charge in [-0.2, -0.15) is 0 Å². The standard InChI is InChI=1S/C25H43N5O3/c1-6-21(24(26)32)19-27-25(33)22(13-12-20-10-8-7-9-11-20)18-23(31)30(5)17-16-29(4)15-14-28(2)3/h7-11,21-22H,6,12-19H2,1-5H3,(H2,26,32)(H,27,33)/t21-,22-/m1/s1. The molecule has 33 heavy (non-hydrogen) atoms. The Morgan fingerprint density at radius 3 is 2.15 bits per heavy atom. The van der Waals surface area contributed by atoms with Crippen molar-refractivity contribution in [2.45, 2.75) is 32.6 Å². The summed E-state index contributed by atoms with van der Waals surface area (Å²) in [6.07, 6.45) is 1.97. The Balaban J connectivity index is 2.69. The number of carbonyl (C=O) groups is 3. The number of likely N-dealkylation sites (N-methyl/N-ethyl adjacent to an activating group) is 3. The van der Waals surface area contributed by atoms with Crippen LogP contribution in [0.2, 0.25) is 0 Å². The van der Waals surface area contributed by atoms with Crippen molar-refractivity contribution in [2.75, 3.05) is 60.9 Å². The zero-order chi connectivity index (χ0) is 24.8. The van der Waals surface area contributed by atoms with Gasteiger partial charge in [-0.25, -0.2) is 0 Å². The Morgan fingerprint density at radius 1 is 0.939 bits per heavy atom. The minimum atomic E-state index is -0.461. The highest BCUT2D eigenvalue weighted by atomic mass is 16.2. The quantitative estimate of drug-likeness (QED) is 0.386. The van der Waals surface area contributed by atoms with Crippen LogP contribution in [0.1, 0.15) is 31.7 Å². The van der Waals surface area contributed by atoms with E-state index in [0.29, 0.717) is 25.8 Å². The summed E-state index contributed by atoms with van der Waals surface area (Å²) in [6, 6.07) is 9.93. The van der Waals surface area contributed by atoms with E-state index in [9.17, 15) is 14.4 Å². The fourth-order valence-electron chi connectivity index (χ4n) is 3.42. The molecule has 0 radical (unpaired) electrons. The highest BCUT2D eigenvalue weighted by Crippen LogP contribution is 2.16. The highest BCUT2D eigenvalue weighted by Gasteiger charge is 2.25. The first kappa shape index (κ1) is 28.6. The van der Waals surface area contributed by atoms with Gasteiger partial charge in [0, 0.05) is 52.1 Å². The fraction of sp³-hybridized carbons (Fsp3) is 0.640. The lowest BCUT2D eigenvalue weighted by molar-refractivity contribution is -0.136. The molecule has 0 spiro atoms. The van der Waals surface area contributed by atoms with Crippen LogP contribution >= 0.6 is 0 Å². The van der Waals surface area contributed by atoms with Crippen LogP contribution in [0, 0.1) is 11.8 Å². The monoisotopic (exact) mass is 461 g/mol. The molecular weight excluding hydrogens is 418 g/mol. The topological polar surface area (TPSA) is 99.0 Å². The first-order valence-electron chi connectivity index (χ1n) is 11.8. The van der Waals surface area contributed by atoms with Crippen molar-refractivity contribution in [3.05, 3.63) is 35.9 Å². The molecule has 0 saturated heterocycles. The lowest BCUT2D eigenvalue weighted by atomic mass is 9.94. The van der Waals surface area contributed by atoms with Gasteiger partial charge in [-0.05, 0) is 46.0 Å². The van der Waals surface area contributed by atoms with E-state index >= 15 is 0 Å². The summed E-state index contributed by atoms with van der Waals surface area (Å²) in [5.74, 6) is -1.54. The Labute approximate surface area is 199 Å². The van der Waals surface area contributed by atoms with Crippen LogP contribution < -0.4 is 11.1 Å². The van der Waals surface area contributed by atoms with Crippen molar-refractivity contribution in [3.8, 4) is 0 Å². The van der Waals surface area contributed by atoms with Gasteiger partial charge < -0.3 is 25.8 Å². The van der Waals surface area contributed by atoms with E-state index in [-0.39, 0.29) is 24.8 Å². The molecule has 0 aliphatic heterocycles. The maximum absolute atomic E-state index is 12.9. The predicted octanol–water partition coefficient (Wildman–Crippen LogP) is 1.21. The van der Waals surface area contributed by atoms with Crippen LogP contribution in [0.15, 0.2) is 30.3 Å². The van der Waals surface area contributed by atoms with Crippen molar-refractivity contribution in [2.24, 2.45) is 17.6 Å². The Hall–Kier alpha value is -2.45. The summed E-state index contributed by atoms with van der Waals surface area (Å²) in [5.41, 5.74) is 6.53. The maximum Gasteiger partial charge on any atom is 0.223 e. The van der Waals surface area contributed by atoms with Gasteiger partial charge in [0.2, 0.25) is 17.7 Å². The first-order valence-corrected chi connectivity index (χ1v) is 11.8. The van der Waals surface area contributed by atoms with Gasteiger partial charge in [0.25, 0.3) is 0 Å². The molecule has 3 N–H and O–H groups in total. The molecule has 0 fully saturated rings. The van der Waals surface area contributed by atoms with E-state index < -0.39 is 17.7 Å². The predicted molar refractivity (Wildman–Crippen MR) is 133 cm³/mol. The molecule has 0 aromatic heterocycles. The van der Waals surface area contributed by atoms with E-state index in [2.05, 4.69) is 15.1 Å². The fourth-order valence-corrected chi connectivity index (χ4v) is 3.42. The van der Waals surface area contributed by atoms with Crippen LogP contribution in [-0.4, -0.2) is 93.3 Å². The molecule has 186 valence electrons. The molecule has 1 aromatic carbocycles. The summed E-state index contributed by atoms with van der Waals surface area (Å²) >= 11 is 0. The van der Waals surface area contributed by atoms with E-state index in [1.165, 1.54) is 0 Å².